The Morgan fingerprint density at radius 3 is 2.00 bits per heavy atom. The lowest BCUT2D eigenvalue weighted by molar-refractivity contribution is -0.125. The topological polar surface area (TPSA) is 111 Å². The zero-order valence-corrected chi connectivity index (χ0v) is 17.2. The first-order valence-corrected chi connectivity index (χ1v) is 9.63. The summed E-state index contributed by atoms with van der Waals surface area (Å²) in [5.74, 6) is -1.13. The minimum absolute atomic E-state index is 0.232. The van der Waals surface area contributed by atoms with Gasteiger partial charge in [-0.3, -0.25) is 4.79 Å². The van der Waals surface area contributed by atoms with Gasteiger partial charge in [0.05, 0.1) is 5.56 Å². The quantitative estimate of drug-likeness (QED) is 0.518. The molecule has 1 atom stereocenters. The summed E-state index contributed by atoms with van der Waals surface area (Å²) in [6, 6.07) is 19.8. The van der Waals surface area contributed by atoms with E-state index in [1.165, 1.54) is 24.3 Å². The van der Waals surface area contributed by atoms with E-state index in [1.54, 1.807) is 24.3 Å². The molecule has 0 bridgehead atoms. The highest BCUT2D eigenvalue weighted by molar-refractivity contribution is 5.98. The van der Waals surface area contributed by atoms with Crippen molar-refractivity contribution >= 4 is 29.3 Å². The lowest BCUT2D eigenvalue weighted by Gasteiger charge is -2.18. The fourth-order valence-corrected chi connectivity index (χ4v) is 3.16. The molecule has 7 heteroatoms. The summed E-state index contributed by atoms with van der Waals surface area (Å²) in [4.78, 5) is 36.7. The highest BCUT2D eigenvalue weighted by Crippen LogP contribution is 2.23. The van der Waals surface area contributed by atoms with Crippen LogP contribution in [-0.2, 0) is 9.53 Å². The van der Waals surface area contributed by atoms with E-state index in [9.17, 15) is 14.4 Å². The average Bonchev–Trinajstić information content (AvgIpc) is 2.71. The Labute approximate surface area is 180 Å². The molecule has 3 aromatic carbocycles. The van der Waals surface area contributed by atoms with E-state index < -0.39 is 24.0 Å². The van der Waals surface area contributed by atoms with Crippen LogP contribution in [0.25, 0.3) is 0 Å². The fourth-order valence-electron chi connectivity index (χ4n) is 3.16. The third-order valence-electron chi connectivity index (χ3n) is 4.44. The summed E-state index contributed by atoms with van der Waals surface area (Å²) in [5, 5.41) is 5.25. The zero-order chi connectivity index (χ0) is 22.4. The number of hydrogen-bond donors (Lipinski definition) is 3. The molecule has 0 aliphatic heterocycles. The van der Waals surface area contributed by atoms with Gasteiger partial charge in [0, 0.05) is 16.9 Å². The molecule has 4 N–H and O–H groups in total. The van der Waals surface area contributed by atoms with Gasteiger partial charge < -0.3 is 21.1 Å². The number of ether oxygens (including phenoxy) is 1. The number of anilines is 2. The summed E-state index contributed by atoms with van der Waals surface area (Å²) in [5.41, 5.74) is 8.94. The maximum Gasteiger partial charge on any atom is 0.339 e. The molecule has 158 valence electrons. The van der Waals surface area contributed by atoms with Crippen LogP contribution in [0.5, 0.6) is 0 Å². The molecule has 7 nitrogen and oxygen atoms in total. The van der Waals surface area contributed by atoms with Crippen LogP contribution < -0.4 is 16.4 Å². The van der Waals surface area contributed by atoms with Gasteiger partial charge in [0.25, 0.3) is 5.91 Å². The van der Waals surface area contributed by atoms with E-state index in [4.69, 9.17) is 10.5 Å². The predicted molar refractivity (Wildman–Crippen MR) is 119 cm³/mol. The van der Waals surface area contributed by atoms with Gasteiger partial charge in [0.15, 0.2) is 0 Å². The lowest BCUT2D eigenvalue weighted by atomic mass is 10.1. The molecule has 0 fully saturated rings. The maximum absolute atomic E-state index is 13.0. The Kier molecular flexibility index (Phi) is 6.67. The number of urea groups is 1. The van der Waals surface area contributed by atoms with E-state index >= 15 is 0 Å². The number of primary amides is 1. The summed E-state index contributed by atoms with van der Waals surface area (Å²) in [7, 11) is 0. The molecule has 0 saturated heterocycles. The van der Waals surface area contributed by atoms with E-state index in [-0.39, 0.29) is 5.56 Å². The van der Waals surface area contributed by atoms with Crippen molar-refractivity contribution in [3.63, 3.8) is 0 Å². The van der Waals surface area contributed by atoms with E-state index in [1.807, 2.05) is 38.1 Å². The molecule has 0 saturated carbocycles. The smallest absolute Gasteiger partial charge is 0.339 e. The lowest BCUT2D eigenvalue weighted by Crippen LogP contribution is -2.26. The molecule has 3 amide bonds. The summed E-state index contributed by atoms with van der Waals surface area (Å²) >= 11 is 0. The Morgan fingerprint density at radius 2 is 1.42 bits per heavy atom. The average molecular weight is 417 g/mol. The SMILES string of the molecule is Cc1cc(C)cc(NC(=O)[C@@H](OC(=O)c2ccc(NC(N)=O)cc2)c2ccccc2)c1. The van der Waals surface area contributed by atoms with E-state index in [0.717, 1.165) is 11.1 Å². The summed E-state index contributed by atoms with van der Waals surface area (Å²) in [6.07, 6.45) is -1.14. The first-order valence-electron chi connectivity index (χ1n) is 9.63. The molecule has 0 aliphatic rings. The number of carbonyl (C=O) groups excluding carboxylic acids is 3. The van der Waals surface area contributed by atoms with Gasteiger partial charge in [-0.15, -0.1) is 0 Å². The van der Waals surface area contributed by atoms with Gasteiger partial charge in [0.1, 0.15) is 0 Å². The number of nitrogens with one attached hydrogen (secondary N) is 2. The summed E-state index contributed by atoms with van der Waals surface area (Å²) in [6.45, 7) is 3.88. The molecule has 3 rings (SSSR count). The van der Waals surface area contributed by atoms with Crippen molar-refractivity contribution in [2.24, 2.45) is 5.73 Å². The van der Waals surface area contributed by atoms with E-state index in [2.05, 4.69) is 10.6 Å². The molecule has 0 aromatic heterocycles. The van der Waals surface area contributed by atoms with Crippen molar-refractivity contribution in [2.75, 3.05) is 10.6 Å². The number of esters is 1. The molecule has 31 heavy (non-hydrogen) atoms. The third-order valence-corrected chi connectivity index (χ3v) is 4.44. The van der Waals surface area contributed by atoms with Crippen LogP contribution in [0.1, 0.15) is 33.2 Å². The van der Waals surface area contributed by atoms with Crippen molar-refractivity contribution < 1.29 is 19.1 Å². The van der Waals surface area contributed by atoms with Crippen molar-refractivity contribution in [1.82, 2.24) is 0 Å². The summed E-state index contributed by atoms with van der Waals surface area (Å²) < 4.78 is 5.58. The largest absolute Gasteiger partial charge is 0.444 e. The number of nitrogens with two attached hydrogens (primary N) is 1. The zero-order valence-electron chi connectivity index (χ0n) is 17.2. The molecular formula is C24H23N3O4. The molecule has 0 heterocycles. The second-order valence-electron chi connectivity index (χ2n) is 7.13. The van der Waals surface area contributed by atoms with Crippen LogP contribution >= 0.6 is 0 Å². The molecule has 0 spiro atoms. The number of rotatable bonds is 6. The van der Waals surface area contributed by atoms with Gasteiger partial charge in [-0.2, -0.15) is 0 Å². The molecule has 0 unspecified atom stereocenters. The third kappa shape index (κ3) is 5.93. The number of benzene rings is 3. The monoisotopic (exact) mass is 417 g/mol. The van der Waals surface area contributed by atoms with Gasteiger partial charge in [-0.25, -0.2) is 9.59 Å². The Balaban J connectivity index is 1.81. The van der Waals surface area contributed by atoms with E-state index in [0.29, 0.717) is 16.9 Å². The Hall–Kier alpha value is -4.13. The number of hydrogen-bond acceptors (Lipinski definition) is 4. The fraction of sp³-hybridized carbons (Fsp3) is 0.125. The normalized spacial score (nSPS) is 11.3. The molecule has 0 aliphatic carbocycles. The van der Waals surface area contributed by atoms with Crippen molar-refractivity contribution in [3.8, 4) is 0 Å². The van der Waals surface area contributed by atoms with Crippen LogP contribution in [0.15, 0.2) is 72.8 Å². The van der Waals surface area contributed by atoms with Gasteiger partial charge in [-0.05, 0) is 61.4 Å². The van der Waals surface area contributed by atoms with Crippen molar-refractivity contribution in [3.05, 3.63) is 95.1 Å². The van der Waals surface area contributed by atoms with Gasteiger partial charge in [0.2, 0.25) is 6.10 Å². The highest BCUT2D eigenvalue weighted by Gasteiger charge is 2.26. The number of aryl methyl sites for hydroxylation is 2. The molecule has 3 aromatic rings. The van der Waals surface area contributed by atoms with Crippen LogP contribution in [0.2, 0.25) is 0 Å². The highest BCUT2D eigenvalue weighted by atomic mass is 16.5. The Bertz CT molecular complexity index is 1080. The van der Waals surface area contributed by atoms with Crippen molar-refractivity contribution in [2.45, 2.75) is 20.0 Å². The number of amides is 3. The Morgan fingerprint density at radius 1 is 0.806 bits per heavy atom. The van der Waals surface area contributed by atoms with Gasteiger partial charge in [-0.1, -0.05) is 36.4 Å². The van der Waals surface area contributed by atoms with Gasteiger partial charge >= 0.3 is 12.0 Å². The van der Waals surface area contributed by atoms with Crippen LogP contribution in [0.4, 0.5) is 16.2 Å². The second kappa shape index (κ2) is 9.58. The minimum atomic E-state index is -1.14. The second-order valence-corrected chi connectivity index (χ2v) is 7.13. The predicted octanol–water partition coefficient (Wildman–Crippen LogP) is 4.33. The van der Waals surface area contributed by atoms with Crippen LogP contribution in [0, 0.1) is 13.8 Å². The molecular weight excluding hydrogens is 394 g/mol. The standard InChI is InChI=1S/C24H23N3O4/c1-15-12-16(2)14-20(13-15)26-22(28)21(17-6-4-3-5-7-17)31-23(29)18-8-10-19(11-9-18)27-24(25)30/h3-14,21H,1-2H3,(H,26,28)(H3,25,27,30)/t21-/m0/s1. The maximum atomic E-state index is 13.0. The number of carbonyl (C=O) groups is 3. The van der Waals surface area contributed by atoms with Crippen LogP contribution in [0.3, 0.4) is 0 Å². The first-order chi connectivity index (χ1) is 14.8. The first kappa shape index (κ1) is 21.6. The minimum Gasteiger partial charge on any atom is -0.444 e. The molecule has 0 radical (unpaired) electrons. The van der Waals surface area contributed by atoms with Crippen molar-refractivity contribution in [1.29, 1.82) is 0 Å². The van der Waals surface area contributed by atoms with Crippen LogP contribution in [-0.4, -0.2) is 17.9 Å².